The van der Waals surface area contributed by atoms with Gasteiger partial charge in [-0.3, -0.25) is 9.59 Å². The first-order valence-electron chi connectivity index (χ1n) is 9.77. The molecule has 5 heteroatoms. The number of nitrogens with zero attached hydrogens (tertiary/aromatic N) is 2. The summed E-state index contributed by atoms with van der Waals surface area (Å²) in [4.78, 5) is 30.3. The van der Waals surface area contributed by atoms with Crippen LogP contribution in [0.2, 0.25) is 0 Å². The molecule has 2 aromatic rings. The highest BCUT2D eigenvalue weighted by molar-refractivity contribution is 6.45. The van der Waals surface area contributed by atoms with E-state index in [1.165, 1.54) is 4.90 Å². The maximum atomic E-state index is 13.5. The fraction of sp³-hybridized carbons (Fsp3) is 0.304. The van der Waals surface area contributed by atoms with Gasteiger partial charge in [-0.15, -0.1) is 0 Å². The van der Waals surface area contributed by atoms with Gasteiger partial charge in [0.25, 0.3) is 11.8 Å². The van der Waals surface area contributed by atoms with Crippen LogP contribution in [0.25, 0.3) is 5.57 Å². The highest BCUT2D eigenvalue weighted by Gasteiger charge is 2.43. The number of rotatable bonds is 5. The zero-order valence-corrected chi connectivity index (χ0v) is 16.2. The normalized spacial score (nSPS) is 17.2. The van der Waals surface area contributed by atoms with Gasteiger partial charge >= 0.3 is 0 Å². The molecule has 0 spiro atoms. The number of hydrogen-bond donors (Lipinski definition) is 0. The average molecular weight is 376 g/mol. The number of imide groups is 1. The zero-order chi connectivity index (χ0) is 19.7. The first kappa shape index (κ1) is 18.3. The van der Waals surface area contributed by atoms with E-state index in [4.69, 9.17) is 4.74 Å². The van der Waals surface area contributed by atoms with Crippen molar-refractivity contribution in [3.05, 3.63) is 65.9 Å². The zero-order valence-electron chi connectivity index (χ0n) is 16.2. The van der Waals surface area contributed by atoms with Gasteiger partial charge in [0.1, 0.15) is 11.4 Å². The SMILES string of the molecule is CC(C)Oc1ccccc1N1C(=O)C(c2ccccc2)=C(N2CCCC2)C1=O. The number of carbonyl (C=O) groups is 2. The topological polar surface area (TPSA) is 49.9 Å². The van der Waals surface area contributed by atoms with E-state index in [9.17, 15) is 9.59 Å². The van der Waals surface area contributed by atoms with E-state index in [2.05, 4.69) is 4.90 Å². The molecule has 2 aromatic carbocycles. The fourth-order valence-electron chi connectivity index (χ4n) is 3.83. The molecule has 2 aliphatic rings. The van der Waals surface area contributed by atoms with Crippen LogP contribution in [0.15, 0.2) is 60.3 Å². The molecule has 0 unspecified atom stereocenters. The quantitative estimate of drug-likeness (QED) is 0.744. The Morgan fingerprint density at radius 3 is 2.18 bits per heavy atom. The van der Waals surface area contributed by atoms with Gasteiger partial charge in [0, 0.05) is 13.1 Å². The van der Waals surface area contributed by atoms with Crippen molar-refractivity contribution < 1.29 is 14.3 Å². The summed E-state index contributed by atoms with van der Waals surface area (Å²) in [6.07, 6.45) is 1.99. The predicted molar refractivity (Wildman–Crippen MR) is 109 cm³/mol. The minimum absolute atomic E-state index is 0.0615. The minimum atomic E-state index is -0.294. The molecule has 2 amide bonds. The lowest BCUT2D eigenvalue weighted by molar-refractivity contribution is -0.120. The van der Waals surface area contributed by atoms with Gasteiger partial charge in [-0.1, -0.05) is 42.5 Å². The van der Waals surface area contributed by atoms with Crippen molar-refractivity contribution in [3.8, 4) is 5.75 Å². The Morgan fingerprint density at radius 1 is 0.857 bits per heavy atom. The molecule has 2 heterocycles. The molecular formula is C23H24N2O3. The van der Waals surface area contributed by atoms with Crippen LogP contribution in [-0.2, 0) is 9.59 Å². The summed E-state index contributed by atoms with van der Waals surface area (Å²) in [6.45, 7) is 5.44. The maximum Gasteiger partial charge on any atom is 0.282 e. The Kier molecular flexibility index (Phi) is 4.90. The smallest absolute Gasteiger partial charge is 0.282 e. The fourth-order valence-corrected chi connectivity index (χ4v) is 3.83. The second-order valence-electron chi connectivity index (χ2n) is 7.36. The number of hydrogen-bond acceptors (Lipinski definition) is 4. The highest BCUT2D eigenvalue weighted by atomic mass is 16.5. The molecule has 144 valence electrons. The summed E-state index contributed by atoms with van der Waals surface area (Å²) in [5.74, 6) is -0.0299. The second kappa shape index (κ2) is 7.50. The first-order chi connectivity index (χ1) is 13.6. The molecule has 0 atom stereocenters. The Labute approximate surface area is 165 Å². The largest absolute Gasteiger partial charge is 0.489 e. The van der Waals surface area contributed by atoms with Gasteiger partial charge in [0.15, 0.2) is 0 Å². The van der Waals surface area contributed by atoms with Gasteiger partial charge in [-0.05, 0) is 44.4 Å². The van der Waals surface area contributed by atoms with Crippen LogP contribution in [0.4, 0.5) is 5.69 Å². The lowest BCUT2D eigenvalue weighted by Crippen LogP contribution is -2.35. The van der Waals surface area contributed by atoms with Crippen molar-refractivity contribution in [2.75, 3.05) is 18.0 Å². The summed E-state index contributed by atoms with van der Waals surface area (Å²) in [5.41, 5.74) is 2.25. The van der Waals surface area contributed by atoms with Crippen molar-refractivity contribution in [1.29, 1.82) is 0 Å². The molecule has 0 radical (unpaired) electrons. The van der Waals surface area contributed by atoms with Crippen LogP contribution >= 0.6 is 0 Å². The van der Waals surface area contributed by atoms with E-state index in [1.807, 2.05) is 56.3 Å². The summed E-state index contributed by atoms with van der Waals surface area (Å²) >= 11 is 0. The van der Waals surface area contributed by atoms with Crippen molar-refractivity contribution >= 4 is 23.1 Å². The van der Waals surface area contributed by atoms with Crippen LogP contribution < -0.4 is 9.64 Å². The lowest BCUT2D eigenvalue weighted by atomic mass is 10.0. The maximum absolute atomic E-state index is 13.5. The molecule has 2 aliphatic heterocycles. The number of amides is 2. The number of benzene rings is 2. The summed E-state index contributed by atoms with van der Waals surface area (Å²) < 4.78 is 5.88. The number of ether oxygens (including phenoxy) is 1. The predicted octanol–water partition coefficient (Wildman–Crippen LogP) is 3.85. The summed E-state index contributed by atoms with van der Waals surface area (Å²) in [5, 5.41) is 0. The molecule has 5 nitrogen and oxygen atoms in total. The number of anilines is 1. The first-order valence-corrected chi connectivity index (χ1v) is 9.77. The third-order valence-corrected chi connectivity index (χ3v) is 5.01. The van der Waals surface area contributed by atoms with Crippen LogP contribution in [-0.4, -0.2) is 35.9 Å². The van der Waals surface area contributed by atoms with Gasteiger partial charge in [0.2, 0.25) is 0 Å². The van der Waals surface area contributed by atoms with E-state index in [-0.39, 0.29) is 17.9 Å². The Morgan fingerprint density at radius 2 is 1.50 bits per heavy atom. The molecule has 0 N–H and O–H groups in total. The highest BCUT2D eigenvalue weighted by Crippen LogP contribution is 2.39. The summed E-state index contributed by atoms with van der Waals surface area (Å²) in [7, 11) is 0. The number of para-hydroxylation sites is 2. The van der Waals surface area contributed by atoms with Gasteiger partial charge in [0.05, 0.1) is 17.4 Å². The molecule has 1 saturated heterocycles. The molecule has 0 bridgehead atoms. The lowest BCUT2D eigenvalue weighted by Gasteiger charge is -2.22. The van der Waals surface area contributed by atoms with E-state index < -0.39 is 0 Å². The standard InChI is InChI=1S/C23H24N2O3/c1-16(2)28-19-13-7-6-12-18(19)25-22(26)20(17-10-4-3-5-11-17)21(23(25)27)24-14-8-9-15-24/h3-7,10-13,16H,8-9,14-15H2,1-2H3. The molecular weight excluding hydrogens is 352 g/mol. The second-order valence-corrected chi connectivity index (χ2v) is 7.36. The van der Waals surface area contributed by atoms with Crippen molar-refractivity contribution in [1.82, 2.24) is 4.90 Å². The van der Waals surface area contributed by atoms with E-state index in [0.29, 0.717) is 22.7 Å². The molecule has 0 aromatic heterocycles. The molecule has 0 aliphatic carbocycles. The number of carbonyl (C=O) groups excluding carboxylic acids is 2. The summed E-state index contributed by atoms with van der Waals surface area (Å²) in [6, 6.07) is 16.7. The molecule has 1 fully saturated rings. The van der Waals surface area contributed by atoms with Gasteiger partial charge in [-0.25, -0.2) is 4.90 Å². The monoisotopic (exact) mass is 376 g/mol. The average Bonchev–Trinajstić information content (AvgIpc) is 3.29. The van der Waals surface area contributed by atoms with Crippen molar-refractivity contribution in [3.63, 3.8) is 0 Å². The Balaban J connectivity index is 1.82. The van der Waals surface area contributed by atoms with E-state index >= 15 is 0 Å². The Bertz CT molecular complexity index is 928. The van der Waals surface area contributed by atoms with Crippen LogP contribution in [0.1, 0.15) is 32.3 Å². The number of likely N-dealkylation sites (tertiary alicyclic amines) is 1. The molecule has 0 saturated carbocycles. The third-order valence-electron chi connectivity index (χ3n) is 5.01. The van der Waals surface area contributed by atoms with Crippen molar-refractivity contribution in [2.24, 2.45) is 0 Å². The Hall–Kier alpha value is -3.08. The van der Waals surface area contributed by atoms with Crippen molar-refractivity contribution in [2.45, 2.75) is 32.8 Å². The van der Waals surface area contributed by atoms with E-state index in [1.54, 1.807) is 12.1 Å². The third kappa shape index (κ3) is 3.17. The van der Waals surface area contributed by atoms with Crippen LogP contribution in [0.5, 0.6) is 5.75 Å². The molecule has 4 rings (SSSR count). The van der Waals surface area contributed by atoms with Crippen LogP contribution in [0, 0.1) is 0 Å². The van der Waals surface area contributed by atoms with Gasteiger partial charge in [-0.2, -0.15) is 0 Å². The van der Waals surface area contributed by atoms with E-state index in [0.717, 1.165) is 31.5 Å². The van der Waals surface area contributed by atoms with Crippen LogP contribution in [0.3, 0.4) is 0 Å². The van der Waals surface area contributed by atoms with Gasteiger partial charge < -0.3 is 9.64 Å². The molecule has 28 heavy (non-hydrogen) atoms. The minimum Gasteiger partial charge on any atom is -0.489 e.